The third kappa shape index (κ3) is 4.69. The van der Waals surface area contributed by atoms with Crippen molar-refractivity contribution in [2.45, 2.75) is 6.42 Å². The molecule has 0 aromatic rings. The predicted molar refractivity (Wildman–Crippen MR) is 70.3 cm³/mol. The van der Waals surface area contributed by atoms with Crippen LogP contribution in [0.5, 0.6) is 0 Å². The number of carbonyl (C=O) groups excluding carboxylic acids is 2. The Kier molecular flexibility index (Phi) is 6.23. The second-order valence-corrected chi connectivity index (χ2v) is 4.68. The van der Waals surface area contributed by atoms with E-state index < -0.39 is 18.5 Å². The lowest BCUT2D eigenvalue weighted by Gasteiger charge is -2.28. The summed E-state index contributed by atoms with van der Waals surface area (Å²) in [6.07, 6.45) is 0.680. The standard InChI is InChI=1S/C12H21N3O5/c1-13-4-3-5-14(8-10(13)16)12(19)15(6-7-20-2)9-11(17)18/h3-9H2,1-2H3,(H,17,18). The number of aliphatic carboxylic acids is 1. The van der Waals surface area contributed by atoms with Crippen molar-refractivity contribution in [2.75, 3.05) is 53.5 Å². The number of methoxy groups -OCH3 is 1. The van der Waals surface area contributed by atoms with Crippen LogP contribution in [0.25, 0.3) is 0 Å². The van der Waals surface area contributed by atoms with Crippen molar-refractivity contribution in [2.24, 2.45) is 0 Å². The van der Waals surface area contributed by atoms with E-state index in [1.165, 1.54) is 16.9 Å². The third-order valence-electron chi connectivity index (χ3n) is 3.11. The number of hydrogen-bond donors (Lipinski definition) is 1. The van der Waals surface area contributed by atoms with Gasteiger partial charge in [0.15, 0.2) is 0 Å². The molecule has 20 heavy (non-hydrogen) atoms. The molecule has 1 heterocycles. The first-order valence-corrected chi connectivity index (χ1v) is 6.44. The molecule has 1 aliphatic heterocycles. The van der Waals surface area contributed by atoms with Gasteiger partial charge in [0.25, 0.3) is 0 Å². The molecule has 0 spiro atoms. The first-order valence-electron chi connectivity index (χ1n) is 6.44. The van der Waals surface area contributed by atoms with Crippen molar-refractivity contribution in [3.05, 3.63) is 0 Å². The number of amides is 3. The summed E-state index contributed by atoms with van der Waals surface area (Å²) in [7, 11) is 3.17. The Morgan fingerprint density at radius 1 is 1.40 bits per heavy atom. The van der Waals surface area contributed by atoms with Crippen molar-refractivity contribution in [3.63, 3.8) is 0 Å². The topological polar surface area (TPSA) is 90.4 Å². The predicted octanol–water partition coefficient (Wildman–Crippen LogP) is -0.696. The molecule has 1 N–H and O–H groups in total. The van der Waals surface area contributed by atoms with E-state index in [1.54, 1.807) is 11.9 Å². The van der Waals surface area contributed by atoms with Crippen LogP contribution in [0.4, 0.5) is 4.79 Å². The number of carboxylic acid groups (broad SMARTS) is 1. The lowest BCUT2D eigenvalue weighted by Crippen LogP contribution is -2.48. The molecule has 1 rings (SSSR count). The van der Waals surface area contributed by atoms with Crippen LogP contribution in [0, 0.1) is 0 Å². The van der Waals surface area contributed by atoms with Gasteiger partial charge in [0.1, 0.15) is 13.1 Å². The van der Waals surface area contributed by atoms with Gasteiger partial charge in [0.05, 0.1) is 6.61 Å². The van der Waals surface area contributed by atoms with Crippen molar-refractivity contribution in [1.29, 1.82) is 0 Å². The Morgan fingerprint density at radius 2 is 2.10 bits per heavy atom. The van der Waals surface area contributed by atoms with Crippen LogP contribution in [0.15, 0.2) is 0 Å². The average molecular weight is 287 g/mol. The third-order valence-corrected chi connectivity index (χ3v) is 3.11. The summed E-state index contributed by atoms with van der Waals surface area (Å²) in [5.41, 5.74) is 0. The zero-order valence-electron chi connectivity index (χ0n) is 11.9. The lowest BCUT2D eigenvalue weighted by molar-refractivity contribution is -0.137. The molecule has 0 unspecified atom stereocenters. The van der Waals surface area contributed by atoms with E-state index in [0.29, 0.717) is 19.5 Å². The van der Waals surface area contributed by atoms with Crippen LogP contribution in [-0.4, -0.2) is 91.2 Å². The molecule has 0 aromatic heterocycles. The fraction of sp³-hybridized carbons (Fsp3) is 0.750. The minimum atomic E-state index is -1.09. The normalized spacial score (nSPS) is 16.0. The van der Waals surface area contributed by atoms with E-state index in [4.69, 9.17) is 9.84 Å². The first kappa shape index (κ1) is 16.2. The summed E-state index contributed by atoms with van der Waals surface area (Å²) in [6.45, 7) is 1.06. The molecule has 0 bridgehead atoms. The van der Waals surface area contributed by atoms with Crippen molar-refractivity contribution < 1.29 is 24.2 Å². The summed E-state index contributed by atoms with van der Waals surface area (Å²) in [6, 6.07) is -0.437. The molecule has 3 amide bonds. The molecular formula is C12H21N3O5. The van der Waals surface area contributed by atoms with E-state index in [2.05, 4.69) is 0 Å². The van der Waals surface area contributed by atoms with Crippen LogP contribution in [0.1, 0.15) is 6.42 Å². The van der Waals surface area contributed by atoms with Crippen LogP contribution in [0.3, 0.4) is 0 Å². The molecule has 8 heteroatoms. The van der Waals surface area contributed by atoms with Gasteiger partial charge in [-0.15, -0.1) is 0 Å². The quantitative estimate of drug-likeness (QED) is 0.722. The number of carbonyl (C=O) groups is 3. The summed E-state index contributed by atoms with van der Waals surface area (Å²) in [5, 5.41) is 8.85. The molecule has 0 atom stereocenters. The SMILES string of the molecule is COCCN(CC(=O)O)C(=O)N1CCCN(C)C(=O)C1. The van der Waals surface area contributed by atoms with E-state index in [9.17, 15) is 14.4 Å². The first-order chi connectivity index (χ1) is 9.45. The molecule has 0 aromatic carbocycles. The van der Waals surface area contributed by atoms with Gasteiger partial charge in [0, 0.05) is 33.8 Å². The summed E-state index contributed by atoms with van der Waals surface area (Å²) < 4.78 is 4.87. The van der Waals surface area contributed by atoms with Crippen molar-refractivity contribution in [3.8, 4) is 0 Å². The van der Waals surface area contributed by atoms with Crippen LogP contribution in [-0.2, 0) is 14.3 Å². The monoisotopic (exact) mass is 287 g/mol. The maximum Gasteiger partial charge on any atom is 0.323 e. The molecule has 1 aliphatic rings. The van der Waals surface area contributed by atoms with Crippen LogP contribution < -0.4 is 0 Å². The van der Waals surface area contributed by atoms with Gasteiger partial charge in [-0.2, -0.15) is 0 Å². The molecule has 1 fully saturated rings. The molecule has 114 valence electrons. The fourth-order valence-corrected chi connectivity index (χ4v) is 1.96. The number of hydrogen-bond acceptors (Lipinski definition) is 4. The Balaban J connectivity index is 2.71. The highest BCUT2D eigenvalue weighted by atomic mass is 16.5. The highest BCUT2D eigenvalue weighted by molar-refractivity contribution is 5.86. The Labute approximate surface area is 117 Å². The van der Waals surface area contributed by atoms with Crippen molar-refractivity contribution in [1.82, 2.24) is 14.7 Å². The maximum absolute atomic E-state index is 12.3. The maximum atomic E-state index is 12.3. The Bertz CT molecular complexity index is 368. The van der Waals surface area contributed by atoms with Gasteiger partial charge in [-0.3, -0.25) is 9.59 Å². The number of nitrogens with zero attached hydrogens (tertiary/aromatic N) is 3. The van der Waals surface area contributed by atoms with Crippen LogP contribution in [0.2, 0.25) is 0 Å². The smallest absolute Gasteiger partial charge is 0.323 e. The lowest BCUT2D eigenvalue weighted by atomic mass is 10.4. The zero-order chi connectivity index (χ0) is 15.1. The largest absolute Gasteiger partial charge is 0.480 e. The van der Waals surface area contributed by atoms with E-state index >= 15 is 0 Å². The number of urea groups is 1. The fourth-order valence-electron chi connectivity index (χ4n) is 1.96. The Hall–Kier alpha value is -1.83. The van der Waals surface area contributed by atoms with Gasteiger partial charge in [0.2, 0.25) is 5.91 Å². The average Bonchev–Trinajstić information content (AvgIpc) is 2.56. The zero-order valence-corrected chi connectivity index (χ0v) is 11.9. The number of likely N-dealkylation sites (N-methyl/N-ethyl adjacent to an activating group) is 1. The van der Waals surface area contributed by atoms with Crippen LogP contribution >= 0.6 is 0 Å². The number of rotatable bonds is 5. The van der Waals surface area contributed by atoms with Gasteiger partial charge < -0.3 is 24.5 Å². The highest BCUT2D eigenvalue weighted by Gasteiger charge is 2.27. The van der Waals surface area contributed by atoms with Gasteiger partial charge in [-0.1, -0.05) is 0 Å². The molecule has 8 nitrogen and oxygen atoms in total. The van der Waals surface area contributed by atoms with E-state index in [-0.39, 0.29) is 25.6 Å². The molecule has 0 aliphatic carbocycles. The summed E-state index contributed by atoms with van der Waals surface area (Å²) in [4.78, 5) is 39.0. The minimum absolute atomic E-state index is 0.0154. The summed E-state index contributed by atoms with van der Waals surface area (Å²) >= 11 is 0. The van der Waals surface area contributed by atoms with Gasteiger partial charge in [-0.25, -0.2) is 4.79 Å². The second-order valence-electron chi connectivity index (χ2n) is 4.68. The molecule has 0 radical (unpaired) electrons. The summed E-state index contributed by atoms with van der Waals surface area (Å²) in [5.74, 6) is -1.23. The second kappa shape index (κ2) is 7.68. The molecular weight excluding hydrogens is 266 g/mol. The molecule has 1 saturated heterocycles. The van der Waals surface area contributed by atoms with Gasteiger partial charge in [-0.05, 0) is 6.42 Å². The highest BCUT2D eigenvalue weighted by Crippen LogP contribution is 2.06. The minimum Gasteiger partial charge on any atom is -0.480 e. The number of ether oxygens (including phenoxy) is 1. The van der Waals surface area contributed by atoms with Gasteiger partial charge >= 0.3 is 12.0 Å². The van der Waals surface area contributed by atoms with Crippen molar-refractivity contribution >= 4 is 17.9 Å². The Morgan fingerprint density at radius 3 is 2.70 bits per heavy atom. The van der Waals surface area contributed by atoms with E-state index in [1.807, 2.05) is 0 Å². The van der Waals surface area contributed by atoms with E-state index in [0.717, 1.165) is 0 Å². The number of carboxylic acids is 1. The molecule has 0 saturated carbocycles.